The molecular weight excluding hydrogens is 523 g/mol. The summed E-state index contributed by atoms with van der Waals surface area (Å²) in [5, 5.41) is 11.8. The molecule has 3 atom stereocenters. The molecule has 0 amide bonds. The molecule has 4 aromatic rings. The van der Waals surface area contributed by atoms with Crippen LogP contribution in [0.4, 0.5) is 15.8 Å². The van der Waals surface area contributed by atoms with Crippen LogP contribution < -0.4 is 4.90 Å². The Bertz CT molecular complexity index is 1800. The van der Waals surface area contributed by atoms with Crippen LogP contribution in [0.25, 0.3) is 6.08 Å². The Morgan fingerprint density at radius 1 is 0.854 bits per heavy atom. The van der Waals surface area contributed by atoms with Crippen LogP contribution in [-0.4, -0.2) is 34.4 Å². The summed E-state index contributed by atoms with van der Waals surface area (Å²) in [7, 11) is 0. The first-order valence-corrected chi connectivity index (χ1v) is 13.1. The van der Waals surface area contributed by atoms with Gasteiger partial charge < -0.3 is 4.90 Å². The molecule has 2 aliphatic heterocycles. The van der Waals surface area contributed by atoms with E-state index in [9.17, 15) is 28.9 Å². The van der Waals surface area contributed by atoms with Gasteiger partial charge in [-0.1, -0.05) is 78.9 Å². The highest BCUT2D eigenvalue weighted by Gasteiger charge is 2.71. The summed E-state index contributed by atoms with van der Waals surface area (Å²) in [6.45, 7) is 0. The predicted octanol–water partition coefficient (Wildman–Crippen LogP) is 6.05. The summed E-state index contributed by atoms with van der Waals surface area (Å²) in [6, 6.07) is 23.0. The van der Waals surface area contributed by atoms with Gasteiger partial charge >= 0.3 is 0 Å². The Morgan fingerprint density at radius 3 is 2.22 bits per heavy atom. The molecule has 3 unspecified atom stereocenters. The number of nitrogens with zero attached hydrogens (tertiary/aromatic N) is 2. The fourth-order valence-electron chi connectivity index (χ4n) is 6.93. The van der Waals surface area contributed by atoms with Crippen molar-refractivity contribution in [1.82, 2.24) is 0 Å². The van der Waals surface area contributed by atoms with Crippen LogP contribution in [-0.2, 0) is 0 Å². The number of carbonyl (C=O) groups is 3. The second-order valence-electron chi connectivity index (χ2n) is 10.5. The number of hydrogen-bond acceptors (Lipinski definition) is 6. The minimum absolute atomic E-state index is 0.221. The lowest BCUT2D eigenvalue weighted by Crippen LogP contribution is -2.48. The number of non-ortho nitro benzene ring substituents is 1. The molecular formula is C33H21FN2O5. The standard InChI is InChI=1S/C33H21FN2O5/c34-22-14-15-26-20(17-22)13-16-27-33(31(38)24-11-4-5-12-25(24)32(33)39)28(21-9-6-10-23(18-21)36(40)41)29(35(26)27)30(37)19-7-2-1-3-8-19/h1-18,27-29H. The molecule has 1 saturated heterocycles. The summed E-state index contributed by atoms with van der Waals surface area (Å²) in [5.41, 5.74) is 0.164. The molecule has 3 aliphatic rings. The molecule has 1 aliphatic carbocycles. The maximum Gasteiger partial charge on any atom is 0.269 e. The number of fused-ring (bicyclic) bond motifs is 5. The zero-order valence-corrected chi connectivity index (χ0v) is 21.4. The number of halogens is 1. The quantitative estimate of drug-likeness (QED) is 0.134. The van der Waals surface area contributed by atoms with E-state index in [0.717, 1.165) is 0 Å². The Hall–Kier alpha value is -5.24. The zero-order valence-electron chi connectivity index (χ0n) is 21.4. The van der Waals surface area contributed by atoms with Crippen molar-refractivity contribution < 1.29 is 23.7 Å². The Morgan fingerprint density at radius 2 is 1.54 bits per heavy atom. The maximum atomic E-state index is 14.6. The number of benzene rings is 4. The second-order valence-corrected chi connectivity index (χ2v) is 10.5. The van der Waals surface area contributed by atoms with Gasteiger partial charge in [-0.2, -0.15) is 0 Å². The van der Waals surface area contributed by atoms with Gasteiger partial charge in [0.25, 0.3) is 5.69 Å². The van der Waals surface area contributed by atoms with Crippen molar-refractivity contribution in [2.45, 2.75) is 18.0 Å². The molecule has 1 fully saturated rings. The van der Waals surface area contributed by atoms with Crippen LogP contribution in [0.1, 0.15) is 48.1 Å². The van der Waals surface area contributed by atoms with Crippen LogP contribution >= 0.6 is 0 Å². The van der Waals surface area contributed by atoms with E-state index in [2.05, 4.69) is 0 Å². The summed E-state index contributed by atoms with van der Waals surface area (Å²) in [5.74, 6) is -2.80. The third-order valence-electron chi connectivity index (χ3n) is 8.53. The average Bonchev–Trinajstić information content (AvgIpc) is 3.43. The molecule has 7 rings (SSSR count). The summed E-state index contributed by atoms with van der Waals surface area (Å²) in [6.07, 6.45) is 3.36. The van der Waals surface area contributed by atoms with E-state index >= 15 is 0 Å². The molecule has 1 spiro atoms. The number of hydrogen-bond donors (Lipinski definition) is 0. The molecule has 200 valence electrons. The monoisotopic (exact) mass is 544 g/mol. The van der Waals surface area contributed by atoms with Gasteiger partial charge in [0.05, 0.1) is 11.0 Å². The molecule has 0 aromatic heterocycles. The number of carbonyl (C=O) groups excluding carboxylic acids is 3. The lowest BCUT2D eigenvalue weighted by molar-refractivity contribution is -0.384. The van der Waals surface area contributed by atoms with Crippen LogP contribution in [0.15, 0.2) is 103 Å². The molecule has 41 heavy (non-hydrogen) atoms. The zero-order chi connectivity index (χ0) is 28.5. The number of ketones is 3. The van der Waals surface area contributed by atoms with Crippen LogP contribution in [0, 0.1) is 21.3 Å². The van der Waals surface area contributed by atoms with Gasteiger partial charge in [-0.25, -0.2) is 4.39 Å². The van der Waals surface area contributed by atoms with Gasteiger partial charge in [-0.05, 0) is 23.8 Å². The lowest BCUT2D eigenvalue weighted by Gasteiger charge is -2.37. The van der Waals surface area contributed by atoms with Gasteiger partial charge in [0.15, 0.2) is 17.3 Å². The van der Waals surface area contributed by atoms with E-state index in [1.54, 1.807) is 83.8 Å². The molecule has 8 heteroatoms. The Balaban J connectivity index is 1.57. The smallest absolute Gasteiger partial charge is 0.269 e. The van der Waals surface area contributed by atoms with Crippen molar-refractivity contribution in [3.63, 3.8) is 0 Å². The normalized spacial score (nSPS) is 21.5. The van der Waals surface area contributed by atoms with Crippen LogP contribution in [0.5, 0.6) is 0 Å². The third kappa shape index (κ3) is 3.34. The fourth-order valence-corrected chi connectivity index (χ4v) is 6.93. The van der Waals surface area contributed by atoms with Gasteiger partial charge in [-0.3, -0.25) is 24.5 Å². The maximum absolute atomic E-state index is 14.6. The molecule has 2 heterocycles. The van der Waals surface area contributed by atoms with Gasteiger partial charge in [0.2, 0.25) is 0 Å². The number of Topliss-reactive ketones (excluding diaryl/α,β-unsaturated/α-hetero) is 3. The first-order valence-electron chi connectivity index (χ1n) is 13.1. The number of nitro groups is 1. The van der Waals surface area contributed by atoms with Crippen molar-refractivity contribution in [3.8, 4) is 0 Å². The number of rotatable bonds is 4. The summed E-state index contributed by atoms with van der Waals surface area (Å²) >= 11 is 0. The second kappa shape index (κ2) is 8.89. The van der Waals surface area contributed by atoms with E-state index in [1.165, 1.54) is 30.3 Å². The van der Waals surface area contributed by atoms with E-state index < -0.39 is 45.7 Å². The summed E-state index contributed by atoms with van der Waals surface area (Å²) < 4.78 is 14.3. The molecule has 0 bridgehead atoms. The topological polar surface area (TPSA) is 97.6 Å². The minimum Gasteiger partial charge on any atom is -0.352 e. The Kier molecular flexibility index (Phi) is 5.37. The van der Waals surface area contributed by atoms with Crippen molar-refractivity contribution in [2.75, 3.05) is 4.90 Å². The van der Waals surface area contributed by atoms with E-state index in [1.807, 2.05) is 0 Å². The molecule has 0 radical (unpaired) electrons. The van der Waals surface area contributed by atoms with E-state index in [4.69, 9.17) is 0 Å². The van der Waals surface area contributed by atoms with Crippen LogP contribution in [0.2, 0.25) is 0 Å². The molecule has 0 saturated carbocycles. The predicted molar refractivity (Wildman–Crippen MR) is 150 cm³/mol. The fraction of sp³-hybridized carbons (Fsp3) is 0.121. The van der Waals surface area contributed by atoms with Crippen molar-refractivity contribution in [1.29, 1.82) is 0 Å². The highest BCUT2D eigenvalue weighted by Crippen LogP contribution is 2.61. The first kappa shape index (κ1) is 24.8. The van der Waals surface area contributed by atoms with E-state index in [-0.39, 0.29) is 22.6 Å². The largest absolute Gasteiger partial charge is 0.352 e. The highest BCUT2D eigenvalue weighted by atomic mass is 19.1. The minimum atomic E-state index is -1.80. The van der Waals surface area contributed by atoms with Gasteiger partial charge in [0.1, 0.15) is 17.3 Å². The Labute approximate surface area is 233 Å². The molecule has 4 aromatic carbocycles. The SMILES string of the molecule is O=C(c1ccccc1)C1C(c2cccc([N+](=O)[O-])c2)C2(C(=O)c3ccccc3C2=O)C2C=Cc3cc(F)ccc3N12. The molecule has 7 nitrogen and oxygen atoms in total. The summed E-state index contributed by atoms with van der Waals surface area (Å²) in [4.78, 5) is 56.7. The number of nitro benzene ring substituents is 1. The molecule has 0 N–H and O–H groups in total. The lowest BCUT2D eigenvalue weighted by atomic mass is 9.64. The highest BCUT2D eigenvalue weighted by molar-refractivity contribution is 6.32. The van der Waals surface area contributed by atoms with Gasteiger partial charge in [-0.15, -0.1) is 0 Å². The van der Waals surface area contributed by atoms with Crippen molar-refractivity contribution in [2.24, 2.45) is 5.41 Å². The third-order valence-corrected chi connectivity index (χ3v) is 8.53. The van der Waals surface area contributed by atoms with Crippen molar-refractivity contribution >= 4 is 34.8 Å². The average molecular weight is 545 g/mol. The van der Waals surface area contributed by atoms with Crippen LogP contribution in [0.3, 0.4) is 0 Å². The van der Waals surface area contributed by atoms with Gasteiger partial charge in [0, 0.05) is 46.0 Å². The van der Waals surface area contributed by atoms with Crippen molar-refractivity contribution in [3.05, 3.63) is 147 Å². The van der Waals surface area contributed by atoms with E-state index in [0.29, 0.717) is 22.4 Å². The first-order chi connectivity index (χ1) is 19.8. The number of anilines is 1.